The maximum atomic E-state index is 12.7. The van der Waals surface area contributed by atoms with E-state index in [1.807, 2.05) is 23.9 Å². The molecule has 2 aliphatic heterocycles. The van der Waals surface area contributed by atoms with Crippen molar-refractivity contribution < 1.29 is 4.79 Å². The van der Waals surface area contributed by atoms with E-state index in [4.69, 9.17) is 0 Å². The molecule has 8 nitrogen and oxygen atoms in total. The van der Waals surface area contributed by atoms with Gasteiger partial charge in [0.2, 0.25) is 0 Å². The summed E-state index contributed by atoms with van der Waals surface area (Å²) in [6.45, 7) is 1.49. The number of Topliss-reactive ketones (excluding diaryl/α,β-unsaturated/α-hetero) is 1. The van der Waals surface area contributed by atoms with Crippen LogP contribution < -0.4 is 22.0 Å². The van der Waals surface area contributed by atoms with Gasteiger partial charge in [-0.25, -0.2) is 9.79 Å². The third kappa shape index (κ3) is 2.14. The molecule has 0 aliphatic carbocycles. The molecule has 3 heterocycles. The SMILES string of the molecule is CC(=O)C1=CC2N=c3c(c(=O)n(C)c(=O)n3C)=C(N(C)C)N2C=C1. The second kappa shape index (κ2) is 5.33. The number of hydrogen-bond donors (Lipinski definition) is 0. The van der Waals surface area contributed by atoms with Crippen LogP contribution in [-0.2, 0) is 18.9 Å². The second-order valence-electron chi connectivity index (χ2n) is 6.07. The molecule has 3 rings (SSSR count). The van der Waals surface area contributed by atoms with Crippen LogP contribution in [0, 0.1) is 0 Å². The Morgan fingerprint density at radius 2 is 1.88 bits per heavy atom. The molecule has 0 amide bonds. The van der Waals surface area contributed by atoms with E-state index in [1.165, 1.54) is 18.5 Å². The molecule has 1 unspecified atom stereocenters. The summed E-state index contributed by atoms with van der Waals surface area (Å²) >= 11 is 0. The van der Waals surface area contributed by atoms with Gasteiger partial charge in [-0.2, -0.15) is 0 Å². The van der Waals surface area contributed by atoms with Crippen LogP contribution in [0.3, 0.4) is 0 Å². The monoisotopic (exact) mass is 329 g/mol. The van der Waals surface area contributed by atoms with Crippen molar-refractivity contribution in [3.8, 4) is 0 Å². The Balaban J connectivity index is 2.47. The summed E-state index contributed by atoms with van der Waals surface area (Å²) < 4.78 is 2.43. The summed E-state index contributed by atoms with van der Waals surface area (Å²) in [6, 6.07) is 0. The molecule has 0 radical (unpaired) electrons. The Bertz CT molecular complexity index is 1040. The van der Waals surface area contributed by atoms with Gasteiger partial charge < -0.3 is 9.80 Å². The molecule has 8 heteroatoms. The van der Waals surface area contributed by atoms with Gasteiger partial charge in [-0.1, -0.05) is 0 Å². The quantitative estimate of drug-likeness (QED) is 0.628. The number of ketones is 1. The van der Waals surface area contributed by atoms with Gasteiger partial charge in [0.25, 0.3) is 5.56 Å². The van der Waals surface area contributed by atoms with E-state index in [9.17, 15) is 14.4 Å². The van der Waals surface area contributed by atoms with Crippen LogP contribution in [0.1, 0.15) is 6.92 Å². The van der Waals surface area contributed by atoms with Gasteiger partial charge in [0.05, 0.1) is 0 Å². The first-order valence-corrected chi connectivity index (χ1v) is 7.49. The average molecular weight is 329 g/mol. The zero-order valence-corrected chi connectivity index (χ0v) is 14.3. The fraction of sp³-hybridized carbons (Fsp3) is 0.375. The van der Waals surface area contributed by atoms with Crippen molar-refractivity contribution in [1.29, 1.82) is 0 Å². The van der Waals surface area contributed by atoms with Gasteiger partial charge >= 0.3 is 5.69 Å². The van der Waals surface area contributed by atoms with E-state index >= 15 is 0 Å². The molecule has 0 saturated carbocycles. The number of fused-ring (bicyclic) bond motifs is 2. The van der Waals surface area contributed by atoms with Crippen LogP contribution in [0.2, 0.25) is 0 Å². The normalized spacial score (nSPS) is 18.5. The molecule has 0 spiro atoms. The van der Waals surface area contributed by atoms with Crippen molar-refractivity contribution >= 4 is 11.6 Å². The molecule has 2 aliphatic rings. The second-order valence-corrected chi connectivity index (χ2v) is 6.07. The topological polar surface area (TPSA) is 79.9 Å². The lowest BCUT2D eigenvalue weighted by Crippen LogP contribution is -2.63. The first-order chi connectivity index (χ1) is 11.2. The van der Waals surface area contributed by atoms with Gasteiger partial charge in [0.1, 0.15) is 17.2 Å². The predicted octanol–water partition coefficient (Wildman–Crippen LogP) is -1.98. The van der Waals surface area contributed by atoms with Gasteiger partial charge in [-0.05, 0) is 19.1 Å². The van der Waals surface area contributed by atoms with E-state index in [2.05, 4.69) is 4.99 Å². The van der Waals surface area contributed by atoms with Crippen molar-refractivity contribution in [2.24, 2.45) is 19.1 Å². The highest BCUT2D eigenvalue weighted by Crippen LogP contribution is 2.22. The molecule has 0 bridgehead atoms. The number of allylic oxidation sites excluding steroid dienone is 2. The third-order valence-corrected chi connectivity index (χ3v) is 4.21. The average Bonchev–Trinajstić information content (AvgIpc) is 2.55. The molecule has 126 valence electrons. The number of nitrogens with zero attached hydrogens (tertiary/aromatic N) is 5. The van der Waals surface area contributed by atoms with Crippen LogP contribution in [-0.4, -0.2) is 45.0 Å². The molecular weight excluding hydrogens is 310 g/mol. The van der Waals surface area contributed by atoms with Crippen LogP contribution >= 0.6 is 0 Å². The summed E-state index contributed by atoms with van der Waals surface area (Å²) in [5, 5.41) is 0.366. The minimum Gasteiger partial charge on any atom is -0.363 e. The van der Waals surface area contributed by atoms with Crippen molar-refractivity contribution in [2.45, 2.75) is 13.1 Å². The molecule has 0 fully saturated rings. The first kappa shape index (κ1) is 16.0. The molecule has 0 aromatic carbocycles. The van der Waals surface area contributed by atoms with Gasteiger partial charge in [0.15, 0.2) is 11.3 Å². The summed E-state index contributed by atoms with van der Waals surface area (Å²) in [4.78, 5) is 44.7. The molecule has 0 saturated heterocycles. The molecular formula is C16H19N5O3. The fourth-order valence-corrected chi connectivity index (χ4v) is 2.96. The summed E-state index contributed by atoms with van der Waals surface area (Å²) in [5.41, 5.74) is 0.0443. The fourth-order valence-electron chi connectivity index (χ4n) is 2.96. The number of aromatic nitrogens is 2. The minimum absolute atomic E-state index is 0.0591. The molecule has 1 aromatic rings. The minimum atomic E-state index is -0.475. The first-order valence-electron chi connectivity index (χ1n) is 7.49. The predicted molar refractivity (Wildman–Crippen MR) is 88.3 cm³/mol. The lowest BCUT2D eigenvalue weighted by molar-refractivity contribution is -0.113. The molecule has 1 aromatic heterocycles. The Hall–Kier alpha value is -2.90. The van der Waals surface area contributed by atoms with Gasteiger partial charge in [0, 0.05) is 40.0 Å². The molecule has 1 atom stereocenters. The van der Waals surface area contributed by atoms with E-state index in [0.29, 0.717) is 22.1 Å². The highest BCUT2D eigenvalue weighted by atomic mass is 16.2. The maximum absolute atomic E-state index is 12.7. The van der Waals surface area contributed by atoms with E-state index in [-0.39, 0.29) is 5.78 Å². The van der Waals surface area contributed by atoms with E-state index < -0.39 is 17.4 Å². The number of rotatable bonds is 2. The third-order valence-electron chi connectivity index (χ3n) is 4.21. The Morgan fingerprint density at radius 3 is 2.46 bits per heavy atom. The van der Waals surface area contributed by atoms with Crippen molar-refractivity contribution in [3.63, 3.8) is 0 Å². The summed E-state index contributed by atoms with van der Waals surface area (Å²) in [6.07, 6.45) is 4.70. The lowest BCUT2D eigenvalue weighted by Gasteiger charge is -2.36. The summed E-state index contributed by atoms with van der Waals surface area (Å²) in [5.74, 6) is 0.576. The van der Waals surface area contributed by atoms with Crippen LogP contribution in [0.25, 0.3) is 5.82 Å². The molecule has 0 N–H and O–H groups in total. The van der Waals surface area contributed by atoms with Gasteiger partial charge in [-0.3, -0.25) is 18.7 Å². The molecule has 24 heavy (non-hydrogen) atoms. The zero-order chi connectivity index (χ0) is 17.8. The Morgan fingerprint density at radius 1 is 1.21 bits per heavy atom. The van der Waals surface area contributed by atoms with Crippen LogP contribution in [0.4, 0.5) is 0 Å². The lowest BCUT2D eigenvalue weighted by atomic mass is 10.1. The van der Waals surface area contributed by atoms with Crippen LogP contribution in [0.15, 0.2) is 38.5 Å². The highest BCUT2D eigenvalue weighted by Gasteiger charge is 2.28. The van der Waals surface area contributed by atoms with E-state index in [0.717, 1.165) is 4.57 Å². The maximum Gasteiger partial charge on any atom is 0.332 e. The van der Waals surface area contributed by atoms with Crippen LogP contribution in [0.5, 0.6) is 0 Å². The van der Waals surface area contributed by atoms with Crippen molar-refractivity contribution in [3.05, 3.63) is 55.5 Å². The van der Waals surface area contributed by atoms with Gasteiger partial charge in [-0.15, -0.1) is 0 Å². The zero-order valence-electron chi connectivity index (χ0n) is 14.3. The largest absolute Gasteiger partial charge is 0.363 e. The van der Waals surface area contributed by atoms with E-state index in [1.54, 1.807) is 25.4 Å². The Labute approximate surface area is 137 Å². The van der Waals surface area contributed by atoms with Crippen molar-refractivity contribution in [1.82, 2.24) is 18.9 Å². The number of carbonyl (C=O) groups is 1. The smallest absolute Gasteiger partial charge is 0.332 e. The summed E-state index contributed by atoms with van der Waals surface area (Å²) in [7, 11) is 6.68. The number of hydrogen-bond acceptors (Lipinski definition) is 6. The standard InChI is InChI=1S/C16H19N5O3/c1-9(22)10-6-7-21-11(8-10)17-13-12(14(21)18(2)3)15(23)20(5)16(24)19(13)4/h6-8,11H,1-5H3. The number of carbonyl (C=O) groups excluding carboxylic acids is 1. The Kier molecular flexibility index (Phi) is 3.55. The van der Waals surface area contributed by atoms with Crippen molar-refractivity contribution in [2.75, 3.05) is 14.1 Å². The highest BCUT2D eigenvalue weighted by molar-refractivity contribution is 5.96.